The molecule has 6 atom stereocenters. The van der Waals surface area contributed by atoms with Gasteiger partial charge >= 0.3 is 5.97 Å². The van der Waals surface area contributed by atoms with Crippen molar-refractivity contribution in [3.05, 3.63) is 22.3 Å². The second-order valence-electron chi connectivity index (χ2n) is 10.3. The summed E-state index contributed by atoms with van der Waals surface area (Å²) in [7, 11) is 1.56. The lowest BCUT2D eigenvalue weighted by atomic mass is 9.44. The molecule has 0 amide bonds. The molecule has 0 aromatic rings. The van der Waals surface area contributed by atoms with Crippen molar-refractivity contribution < 1.29 is 9.53 Å². The van der Waals surface area contributed by atoms with Gasteiger partial charge in [0, 0.05) is 30.1 Å². The molecule has 0 aromatic carbocycles. The number of ether oxygens (including phenoxy) is 1. The Hall–Kier alpha value is -1.09. The summed E-state index contributed by atoms with van der Waals surface area (Å²) < 4.78 is 5.27. The van der Waals surface area contributed by atoms with E-state index in [9.17, 15) is 4.79 Å². The van der Waals surface area contributed by atoms with Gasteiger partial charge in [-0.1, -0.05) is 19.4 Å². The van der Waals surface area contributed by atoms with E-state index in [1.54, 1.807) is 18.3 Å². The van der Waals surface area contributed by atoms with Gasteiger partial charge < -0.3 is 4.74 Å². The number of carbonyl (C=O) groups excluding carboxylic acids is 1. The van der Waals surface area contributed by atoms with Crippen molar-refractivity contribution >= 4 is 5.97 Å². The van der Waals surface area contributed by atoms with Crippen LogP contribution in [0.15, 0.2) is 22.3 Å². The van der Waals surface area contributed by atoms with Crippen LogP contribution in [0.3, 0.4) is 0 Å². The molecule has 4 aliphatic carbocycles. The summed E-state index contributed by atoms with van der Waals surface area (Å²) in [5.74, 6) is 2.36. The molecule has 0 aromatic heterocycles. The van der Waals surface area contributed by atoms with Crippen LogP contribution in [-0.4, -0.2) is 37.1 Å². The van der Waals surface area contributed by atoms with Crippen LogP contribution in [0.2, 0.25) is 0 Å². The van der Waals surface area contributed by atoms with Crippen LogP contribution < -0.4 is 0 Å². The van der Waals surface area contributed by atoms with Gasteiger partial charge in [0.2, 0.25) is 0 Å². The Morgan fingerprint density at radius 2 is 2.04 bits per heavy atom. The molecule has 4 bridgehead atoms. The Kier molecular flexibility index (Phi) is 2.96. The minimum Gasteiger partial charge on any atom is -0.466 e. The number of allylic oxidation sites excluding steroid dienone is 2. The summed E-state index contributed by atoms with van der Waals surface area (Å²) in [4.78, 5) is 15.6. The van der Waals surface area contributed by atoms with Gasteiger partial charge in [0.25, 0.3) is 0 Å². The Morgan fingerprint density at radius 1 is 1.19 bits per heavy atom. The van der Waals surface area contributed by atoms with Crippen LogP contribution >= 0.6 is 0 Å². The van der Waals surface area contributed by atoms with Crippen LogP contribution in [0.1, 0.15) is 58.8 Å². The van der Waals surface area contributed by atoms with Gasteiger partial charge in [-0.2, -0.15) is 0 Å². The molecule has 3 heteroatoms. The van der Waals surface area contributed by atoms with Crippen molar-refractivity contribution in [2.75, 3.05) is 20.2 Å². The number of hydrogen-bond acceptors (Lipinski definition) is 3. The average Bonchev–Trinajstić information content (AvgIpc) is 3.26. The zero-order valence-corrected chi connectivity index (χ0v) is 16.4. The molecular formula is C23H31NO2. The fourth-order valence-corrected chi connectivity index (χ4v) is 8.76. The van der Waals surface area contributed by atoms with E-state index in [2.05, 4.69) is 18.7 Å². The Labute approximate surface area is 156 Å². The van der Waals surface area contributed by atoms with Crippen molar-refractivity contribution in [1.82, 2.24) is 4.90 Å². The molecule has 1 saturated carbocycles. The van der Waals surface area contributed by atoms with Gasteiger partial charge in [0.05, 0.1) is 7.11 Å². The molecule has 2 heterocycles. The molecule has 140 valence electrons. The first-order valence-electron chi connectivity index (χ1n) is 10.8. The van der Waals surface area contributed by atoms with Gasteiger partial charge in [-0.05, 0) is 79.3 Å². The third-order valence-corrected chi connectivity index (χ3v) is 9.75. The van der Waals surface area contributed by atoms with Crippen molar-refractivity contribution in [2.24, 2.45) is 28.6 Å². The largest absolute Gasteiger partial charge is 0.466 e. The van der Waals surface area contributed by atoms with Gasteiger partial charge in [-0.25, -0.2) is 4.79 Å². The number of nitrogens with zero attached hydrogens (tertiary/aromatic N) is 1. The second-order valence-corrected chi connectivity index (χ2v) is 10.3. The van der Waals surface area contributed by atoms with Crippen LogP contribution in [0.5, 0.6) is 0 Å². The molecule has 2 aliphatic heterocycles. The van der Waals surface area contributed by atoms with Gasteiger partial charge in [0.15, 0.2) is 0 Å². The third-order valence-electron chi connectivity index (χ3n) is 9.75. The highest BCUT2D eigenvalue weighted by atomic mass is 16.5. The van der Waals surface area contributed by atoms with E-state index < -0.39 is 0 Å². The Bertz CT molecular complexity index is 779. The summed E-state index contributed by atoms with van der Waals surface area (Å²) in [6.45, 7) is 7.66. The Balaban J connectivity index is 1.63. The first-order chi connectivity index (χ1) is 12.5. The average molecular weight is 354 g/mol. The van der Waals surface area contributed by atoms with Crippen LogP contribution in [0, 0.1) is 28.6 Å². The number of carbonyl (C=O) groups is 1. The van der Waals surface area contributed by atoms with E-state index in [0.29, 0.717) is 11.5 Å². The van der Waals surface area contributed by atoms with E-state index in [1.807, 2.05) is 0 Å². The number of methoxy groups -OCH3 is 1. The van der Waals surface area contributed by atoms with Gasteiger partial charge in [-0.3, -0.25) is 4.90 Å². The van der Waals surface area contributed by atoms with Crippen molar-refractivity contribution in [1.29, 1.82) is 0 Å². The third kappa shape index (κ3) is 1.53. The van der Waals surface area contributed by atoms with Crippen LogP contribution in [0.25, 0.3) is 0 Å². The summed E-state index contributed by atoms with van der Waals surface area (Å²) in [6, 6.07) is 0.658. The topological polar surface area (TPSA) is 29.5 Å². The predicted octanol–water partition coefficient (Wildman–Crippen LogP) is 4.10. The Morgan fingerprint density at radius 3 is 2.85 bits per heavy atom. The fraction of sp³-hybridized carbons (Fsp3) is 0.783. The standard InChI is InChI=1S/C23H31NO2/c1-13-11-24-12-15-6-4-14-5-7-17-18(21(25)26-3)10-23(19(14)17)20(24)16(13)8-9-22(15,23)2/h13,15-16,20H,4-12H2,1-3H3/t13?,15-,16-,20+,22+,23+/m1/s1. The van der Waals surface area contributed by atoms with Crippen molar-refractivity contribution in [3.63, 3.8) is 0 Å². The first kappa shape index (κ1) is 15.9. The van der Waals surface area contributed by atoms with E-state index in [0.717, 1.165) is 36.2 Å². The summed E-state index contributed by atoms with van der Waals surface area (Å²) in [5.41, 5.74) is 6.42. The zero-order chi connectivity index (χ0) is 17.8. The van der Waals surface area contributed by atoms with Gasteiger partial charge in [-0.15, -0.1) is 0 Å². The molecule has 0 N–H and O–H groups in total. The molecule has 26 heavy (non-hydrogen) atoms. The number of rotatable bonds is 1. The highest BCUT2D eigenvalue weighted by Gasteiger charge is 2.72. The van der Waals surface area contributed by atoms with E-state index >= 15 is 0 Å². The molecule has 2 saturated heterocycles. The molecular weight excluding hydrogens is 322 g/mol. The molecule has 1 unspecified atom stereocenters. The number of piperidine rings is 1. The smallest absolute Gasteiger partial charge is 0.334 e. The maximum Gasteiger partial charge on any atom is 0.334 e. The number of hydrogen-bond donors (Lipinski definition) is 0. The molecule has 6 aliphatic rings. The van der Waals surface area contributed by atoms with Crippen molar-refractivity contribution in [3.8, 4) is 0 Å². The summed E-state index contributed by atoms with van der Waals surface area (Å²) >= 11 is 0. The normalized spacial score (nSPS) is 48.7. The second kappa shape index (κ2) is 4.84. The van der Waals surface area contributed by atoms with Gasteiger partial charge in [0.1, 0.15) is 0 Å². The lowest BCUT2D eigenvalue weighted by Crippen LogP contribution is -2.66. The lowest BCUT2D eigenvalue weighted by Gasteiger charge is -2.65. The summed E-state index contributed by atoms with van der Waals surface area (Å²) in [5, 5.41) is 0. The molecule has 0 radical (unpaired) electrons. The predicted molar refractivity (Wildman–Crippen MR) is 100 cm³/mol. The van der Waals surface area contributed by atoms with E-state index in [1.165, 1.54) is 50.8 Å². The van der Waals surface area contributed by atoms with E-state index in [-0.39, 0.29) is 11.4 Å². The summed E-state index contributed by atoms with van der Waals surface area (Å²) in [6.07, 6.45) is 8.63. The van der Waals surface area contributed by atoms with Crippen molar-refractivity contribution in [2.45, 2.75) is 64.8 Å². The minimum atomic E-state index is -0.0459. The molecule has 3 fully saturated rings. The molecule has 3 nitrogen and oxygen atoms in total. The van der Waals surface area contributed by atoms with Crippen LogP contribution in [-0.2, 0) is 9.53 Å². The maximum absolute atomic E-state index is 12.7. The SMILES string of the molecule is COC(=O)C1=C2CCC3=C2[C@@]2(C1)[C@@H]1[C@@H]4CC[C@@]2(C)[C@H](CC3)CN1CC4C. The zero-order valence-electron chi connectivity index (χ0n) is 16.4. The maximum atomic E-state index is 12.7. The number of esters is 1. The molecule has 6 rings (SSSR count). The minimum absolute atomic E-state index is 0.0459. The van der Waals surface area contributed by atoms with Crippen LogP contribution in [0.4, 0.5) is 0 Å². The lowest BCUT2D eigenvalue weighted by molar-refractivity contribution is -0.143. The first-order valence-corrected chi connectivity index (χ1v) is 10.8. The van der Waals surface area contributed by atoms with E-state index in [4.69, 9.17) is 4.74 Å². The molecule has 1 spiro atoms. The quantitative estimate of drug-likeness (QED) is 0.665. The fourth-order valence-electron chi connectivity index (χ4n) is 8.76. The highest BCUT2D eigenvalue weighted by molar-refractivity contribution is 5.93. The highest BCUT2D eigenvalue weighted by Crippen LogP contribution is 2.75. The monoisotopic (exact) mass is 353 g/mol.